The number of hydrogen-bond acceptors (Lipinski definition) is 4. The SMILES string of the molecule is CSCC[C@H](N)C(=O)N(Cc1cccs1)C1CC1. The summed E-state index contributed by atoms with van der Waals surface area (Å²) in [4.78, 5) is 15.6. The van der Waals surface area contributed by atoms with Gasteiger partial charge in [0.25, 0.3) is 0 Å². The molecule has 1 aromatic rings. The standard InChI is InChI=1S/C13H20N2OS2/c1-17-8-6-12(14)13(16)15(10-4-5-10)9-11-3-2-7-18-11/h2-3,7,10,12H,4-6,8-9,14H2,1H3/t12-/m0/s1. The Labute approximate surface area is 117 Å². The van der Waals surface area contributed by atoms with Crippen LogP contribution in [0.2, 0.25) is 0 Å². The van der Waals surface area contributed by atoms with Crippen molar-refractivity contribution in [1.82, 2.24) is 4.90 Å². The Morgan fingerprint density at radius 3 is 3.00 bits per heavy atom. The molecular formula is C13H20N2OS2. The molecule has 1 aliphatic rings. The number of carbonyl (C=O) groups excluding carboxylic acids is 1. The van der Waals surface area contributed by atoms with Gasteiger partial charge >= 0.3 is 0 Å². The molecule has 0 saturated heterocycles. The van der Waals surface area contributed by atoms with Crippen LogP contribution in [0.25, 0.3) is 0 Å². The lowest BCUT2D eigenvalue weighted by Crippen LogP contribution is -2.44. The number of nitrogens with zero attached hydrogens (tertiary/aromatic N) is 1. The first-order chi connectivity index (χ1) is 8.72. The van der Waals surface area contributed by atoms with Crippen molar-refractivity contribution in [2.45, 2.75) is 37.9 Å². The summed E-state index contributed by atoms with van der Waals surface area (Å²) in [6.07, 6.45) is 5.08. The van der Waals surface area contributed by atoms with Crippen LogP contribution in [0.1, 0.15) is 24.1 Å². The van der Waals surface area contributed by atoms with Crippen LogP contribution >= 0.6 is 23.1 Å². The fourth-order valence-corrected chi connectivity index (χ4v) is 3.12. The van der Waals surface area contributed by atoms with Gasteiger partial charge in [-0.15, -0.1) is 11.3 Å². The lowest BCUT2D eigenvalue weighted by molar-refractivity contribution is -0.133. The maximum absolute atomic E-state index is 12.4. The van der Waals surface area contributed by atoms with Gasteiger partial charge in [-0.1, -0.05) is 6.07 Å². The zero-order chi connectivity index (χ0) is 13.0. The molecule has 1 amide bonds. The number of hydrogen-bond donors (Lipinski definition) is 1. The molecule has 1 aliphatic carbocycles. The summed E-state index contributed by atoms with van der Waals surface area (Å²) in [7, 11) is 0. The third kappa shape index (κ3) is 3.73. The lowest BCUT2D eigenvalue weighted by atomic mass is 10.2. The van der Waals surface area contributed by atoms with Crippen molar-refractivity contribution in [3.05, 3.63) is 22.4 Å². The number of thioether (sulfide) groups is 1. The average Bonchev–Trinajstić information content (AvgIpc) is 3.09. The van der Waals surface area contributed by atoms with Crippen LogP contribution in [0.3, 0.4) is 0 Å². The van der Waals surface area contributed by atoms with Crippen LogP contribution in [-0.2, 0) is 11.3 Å². The minimum Gasteiger partial charge on any atom is -0.333 e. The van der Waals surface area contributed by atoms with E-state index in [0.29, 0.717) is 6.04 Å². The van der Waals surface area contributed by atoms with Crippen molar-refractivity contribution in [3.63, 3.8) is 0 Å². The lowest BCUT2D eigenvalue weighted by Gasteiger charge is -2.25. The molecule has 2 rings (SSSR count). The van der Waals surface area contributed by atoms with E-state index in [1.807, 2.05) is 17.2 Å². The highest BCUT2D eigenvalue weighted by molar-refractivity contribution is 7.98. The normalized spacial score (nSPS) is 16.6. The first kappa shape index (κ1) is 13.9. The molecule has 3 nitrogen and oxygen atoms in total. The molecule has 2 N–H and O–H groups in total. The van der Waals surface area contributed by atoms with Crippen molar-refractivity contribution < 1.29 is 4.79 Å². The van der Waals surface area contributed by atoms with Gasteiger partial charge in [-0.25, -0.2) is 0 Å². The Kier molecular flexibility index (Phi) is 5.09. The second kappa shape index (κ2) is 6.59. The summed E-state index contributed by atoms with van der Waals surface area (Å²) in [5, 5.41) is 2.05. The highest BCUT2D eigenvalue weighted by atomic mass is 32.2. The summed E-state index contributed by atoms with van der Waals surface area (Å²) < 4.78 is 0. The Balaban J connectivity index is 1.94. The third-order valence-corrected chi connectivity index (χ3v) is 4.63. The maximum atomic E-state index is 12.4. The van der Waals surface area contributed by atoms with Gasteiger partial charge in [0.05, 0.1) is 12.6 Å². The number of nitrogens with two attached hydrogens (primary N) is 1. The van der Waals surface area contributed by atoms with Crippen LogP contribution in [0.4, 0.5) is 0 Å². The van der Waals surface area contributed by atoms with E-state index in [0.717, 1.165) is 31.6 Å². The summed E-state index contributed by atoms with van der Waals surface area (Å²) in [6, 6.07) is 4.21. The smallest absolute Gasteiger partial charge is 0.240 e. The first-order valence-corrected chi connectivity index (χ1v) is 8.57. The van der Waals surface area contributed by atoms with Gasteiger partial charge in [0, 0.05) is 10.9 Å². The first-order valence-electron chi connectivity index (χ1n) is 6.29. The fourth-order valence-electron chi connectivity index (χ4n) is 1.92. The third-order valence-electron chi connectivity index (χ3n) is 3.13. The predicted octanol–water partition coefficient (Wildman–Crippen LogP) is 2.32. The predicted molar refractivity (Wildman–Crippen MR) is 78.9 cm³/mol. The van der Waals surface area contributed by atoms with Gasteiger partial charge in [0.1, 0.15) is 0 Å². The number of rotatable bonds is 7. The van der Waals surface area contributed by atoms with Gasteiger partial charge in [0.15, 0.2) is 0 Å². The van der Waals surface area contributed by atoms with Gasteiger partial charge in [-0.2, -0.15) is 11.8 Å². The molecule has 1 atom stereocenters. The molecule has 1 fully saturated rings. The molecule has 0 aliphatic heterocycles. The molecule has 0 spiro atoms. The van der Waals surface area contributed by atoms with Crippen molar-refractivity contribution in [2.75, 3.05) is 12.0 Å². The molecule has 0 bridgehead atoms. The molecule has 0 radical (unpaired) electrons. The van der Waals surface area contributed by atoms with Crippen LogP contribution in [0, 0.1) is 0 Å². The Hall–Kier alpha value is -0.520. The number of amides is 1. The van der Waals surface area contributed by atoms with Crippen molar-refractivity contribution >= 4 is 29.0 Å². The minimum atomic E-state index is -0.335. The van der Waals surface area contributed by atoms with E-state index in [-0.39, 0.29) is 11.9 Å². The fraction of sp³-hybridized carbons (Fsp3) is 0.615. The largest absolute Gasteiger partial charge is 0.333 e. The zero-order valence-electron chi connectivity index (χ0n) is 10.7. The molecule has 1 saturated carbocycles. The van der Waals surface area contributed by atoms with Crippen molar-refractivity contribution in [1.29, 1.82) is 0 Å². The summed E-state index contributed by atoms with van der Waals surface area (Å²) in [5.41, 5.74) is 6.00. The monoisotopic (exact) mass is 284 g/mol. The molecule has 0 aromatic carbocycles. The molecule has 5 heteroatoms. The second-order valence-corrected chi connectivity index (χ2v) is 6.68. The van der Waals surface area contributed by atoms with E-state index in [9.17, 15) is 4.79 Å². The van der Waals surface area contributed by atoms with Crippen molar-refractivity contribution in [2.24, 2.45) is 5.73 Å². The molecule has 1 aromatic heterocycles. The molecule has 100 valence electrons. The van der Waals surface area contributed by atoms with E-state index in [4.69, 9.17) is 5.73 Å². The van der Waals surface area contributed by atoms with E-state index < -0.39 is 0 Å². The molecule has 0 unspecified atom stereocenters. The highest BCUT2D eigenvalue weighted by Gasteiger charge is 2.34. The van der Waals surface area contributed by atoms with E-state index in [1.165, 1.54) is 4.88 Å². The summed E-state index contributed by atoms with van der Waals surface area (Å²) in [5.74, 6) is 1.07. The molecule has 1 heterocycles. The molecular weight excluding hydrogens is 264 g/mol. The number of thiophene rings is 1. The second-order valence-electron chi connectivity index (χ2n) is 4.66. The Morgan fingerprint density at radius 1 is 1.67 bits per heavy atom. The van der Waals surface area contributed by atoms with Gasteiger partial charge in [-0.05, 0) is 42.7 Å². The topological polar surface area (TPSA) is 46.3 Å². The Morgan fingerprint density at radius 2 is 2.44 bits per heavy atom. The van der Waals surface area contributed by atoms with Gasteiger partial charge < -0.3 is 10.6 Å². The highest BCUT2D eigenvalue weighted by Crippen LogP contribution is 2.29. The van der Waals surface area contributed by atoms with Gasteiger partial charge in [0.2, 0.25) is 5.91 Å². The van der Waals surface area contributed by atoms with Crippen LogP contribution in [0.15, 0.2) is 17.5 Å². The van der Waals surface area contributed by atoms with E-state index in [2.05, 4.69) is 11.4 Å². The quantitative estimate of drug-likeness (QED) is 0.836. The van der Waals surface area contributed by atoms with Crippen LogP contribution < -0.4 is 5.73 Å². The molecule has 18 heavy (non-hydrogen) atoms. The minimum absolute atomic E-state index is 0.125. The van der Waals surface area contributed by atoms with Crippen LogP contribution in [0.5, 0.6) is 0 Å². The van der Waals surface area contributed by atoms with Gasteiger partial charge in [-0.3, -0.25) is 4.79 Å². The Bertz CT molecular complexity index is 376. The maximum Gasteiger partial charge on any atom is 0.240 e. The van der Waals surface area contributed by atoms with Crippen LogP contribution in [-0.4, -0.2) is 34.9 Å². The zero-order valence-corrected chi connectivity index (χ0v) is 12.3. The van der Waals surface area contributed by atoms with Crippen molar-refractivity contribution in [3.8, 4) is 0 Å². The summed E-state index contributed by atoms with van der Waals surface area (Å²) in [6.45, 7) is 0.730. The number of carbonyl (C=O) groups is 1. The van der Waals surface area contributed by atoms with E-state index >= 15 is 0 Å². The average molecular weight is 284 g/mol. The van der Waals surface area contributed by atoms with E-state index in [1.54, 1.807) is 23.1 Å². The summed E-state index contributed by atoms with van der Waals surface area (Å²) >= 11 is 3.44.